The predicted molar refractivity (Wildman–Crippen MR) is 89.9 cm³/mol. The maximum atomic E-state index is 12.4. The van der Waals surface area contributed by atoms with Crippen LogP contribution in [0.4, 0.5) is 5.82 Å². The van der Waals surface area contributed by atoms with Crippen LogP contribution >= 0.6 is 0 Å². The van der Waals surface area contributed by atoms with Gasteiger partial charge < -0.3 is 9.73 Å². The van der Waals surface area contributed by atoms with E-state index in [1.807, 2.05) is 6.07 Å². The summed E-state index contributed by atoms with van der Waals surface area (Å²) in [6.45, 7) is 4.11. The Hall–Kier alpha value is -2.89. The fourth-order valence-electron chi connectivity index (χ4n) is 2.91. The van der Waals surface area contributed by atoms with E-state index in [-0.39, 0.29) is 11.7 Å². The number of nitrogens with zero attached hydrogens (tertiary/aromatic N) is 2. The molecular weight excluding hydrogens is 304 g/mol. The van der Waals surface area contributed by atoms with Gasteiger partial charge in [0, 0.05) is 17.5 Å². The van der Waals surface area contributed by atoms with Crippen molar-refractivity contribution in [3.8, 4) is 11.3 Å². The van der Waals surface area contributed by atoms with Crippen molar-refractivity contribution in [3.05, 3.63) is 53.2 Å². The molecule has 0 bridgehead atoms. The first kappa shape index (κ1) is 14.7. The van der Waals surface area contributed by atoms with Crippen LogP contribution in [0.15, 0.2) is 35.1 Å². The van der Waals surface area contributed by atoms with Crippen molar-refractivity contribution in [1.29, 1.82) is 0 Å². The van der Waals surface area contributed by atoms with Gasteiger partial charge in [-0.1, -0.05) is 17.2 Å². The van der Waals surface area contributed by atoms with E-state index in [0.29, 0.717) is 11.7 Å². The van der Waals surface area contributed by atoms with Crippen LogP contribution < -0.4 is 5.32 Å². The van der Waals surface area contributed by atoms with Crippen molar-refractivity contribution in [2.45, 2.75) is 32.6 Å². The number of aromatic nitrogens is 3. The van der Waals surface area contributed by atoms with E-state index >= 15 is 0 Å². The third-order valence-corrected chi connectivity index (χ3v) is 4.12. The number of benzene rings is 1. The normalized spacial score (nSPS) is 13.9. The number of hydrogen-bond acceptors (Lipinski definition) is 4. The maximum Gasteiger partial charge on any atom is 0.294 e. The molecule has 1 fully saturated rings. The first-order valence-electron chi connectivity index (χ1n) is 7.99. The Morgan fingerprint density at radius 3 is 2.67 bits per heavy atom. The van der Waals surface area contributed by atoms with E-state index in [1.165, 1.54) is 17.5 Å². The average molecular weight is 322 g/mol. The zero-order valence-electron chi connectivity index (χ0n) is 13.6. The number of aryl methyl sites for hydroxylation is 2. The third kappa shape index (κ3) is 2.82. The molecule has 1 saturated carbocycles. The quantitative estimate of drug-likeness (QED) is 0.765. The number of carbonyl (C=O) groups excluding carboxylic acids is 1. The van der Waals surface area contributed by atoms with Gasteiger partial charge in [-0.3, -0.25) is 9.89 Å². The van der Waals surface area contributed by atoms with E-state index in [4.69, 9.17) is 4.42 Å². The van der Waals surface area contributed by atoms with Crippen molar-refractivity contribution in [2.75, 3.05) is 5.32 Å². The molecule has 122 valence electrons. The molecule has 24 heavy (non-hydrogen) atoms. The molecule has 1 aliphatic carbocycles. The van der Waals surface area contributed by atoms with Crippen LogP contribution in [-0.2, 0) is 0 Å². The van der Waals surface area contributed by atoms with Crippen molar-refractivity contribution in [2.24, 2.45) is 0 Å². The number of H-pyrrole nitrogens is 1. The van der Waals surface area contributed by atoms with Gasteiger partial charge in [-0.25, -0.2) is 4.98 Å². The smallest absolute Gasteiger partial charge is 0.294 e. The highest BCUT2D eigenvalue weighted by atomic mass is 16.3. The Morgan fingerprint density at radius 2 is 1.96 bits per heavy atom. The summed E-state index contributed by atoms with van der Waals surface area (Å²) in [4.78, 5) is 16.5. The molecule has 2 aromatic heterocycles. The molecule has 0 atom stereocenters. The second kappa shape index (κ2) is 5.63. The van der Waals surface area contributed by atoms with E-state index in [0.717, 1.165) is 29.8 Å². The predicted octanol–water partition coefficient (Wildman–Crippen LogP) is 3.81. The molecule has 0 spiro atoms. The average Bonchev–Trinajstić information content (AvgIpc) is 3.08. The van der Waals surface area contributed by atoms with Crippen LogP contribution in [0.25, 0.3) is 11.3 Å². The summed E-state index contributed by atoms with van der Waals surface area (Å²) >= 11 is 0. The SMILES string of the molecule is Cc1cc(C)cc(-c2cc(NC(=O)c3ocnc3C3CC3)n[nH]2)c1. The summed E-state index contributed by atoms with van der Waals surface area (Å²) in [7, 11) is 0. The topological polar surface area (TPSA) is 83.8 Å². The number of rotatable bonds is 4. The van der Waals surface area contributed by atoms with Gasteiger partial charge in [0.1, 0.15) is 0 Å². The van der Waals surface area contributed by atoms with E-state index < -0.39 is 0 Å². The van der Waals surface area contributed by atoms with E-state index in [2.05, 4.69) is 52.5 Å². The number of oxazole rings is 1. The molecular formula is C18H18N4O2. The standard InChI is InChI=1S/C18H18N4O2/c1-10-5-11(2)7-13(6-10)14-8-15(22-21-14)20-18(23)17-16(12-3-4-12)19-9-24-17/h5-9,12H,3-4H2,1-2H3,(H2,20,21,22,23). The van der Waals surface area contributed by atoms with Crippen LogP contribution in [0, 0.1) is 13.8 Å². The summed E-state index contributed by atoms with van der Waals surface area (Å²) in [6.07, 6.45) is 3.45. The Labute approximate surface area is 139 Å². The van der Waals surface area contributed by atoms with Gasteiger partial charge in [-0.05, 0) is 38.8 Å². The lowest BCUT2D eigenvalue weighted by Crippen LogP contribution is -2.13. The highest BCUT2D eigenvalue weighted by molar-refractivity contribution is 6.02. The fourth-order valence-corrected chi connectivity index (χ4v) is 2.91. The molecule has 0 saturated heterocycles. The van der Waals surface area contributed by atoms with Crippen LogP contribution in [0.2, 0.25) is 0 Å². The van der Waals surface area contributed by atoms with Crippen LogP contribution in [0.3, 0.4) is 0 Å². The molecule has 4 rings (SSSR count). The van der Waals surface area contributed by atoms with Crippen molar-refractivity contribution in [1.82, 2.24) is 15.2 Å². The molecule has 2 heterocycles. The number of carbonyl (C=O) groups is 1. The highest BCUT2D eigenvalue weighted by Crippen LogP contribution is 2.40. The summed E-state index contributed by atoms with van der Waals surface area (Å²) < 4.78 is 5.26. The van der Waals surface area contributed by atoms with Gasteiger partial charge >= 0.3 is 0 Å². The lowest BCUT2D eigenvalue weighted by Gasteiger charge is -2.02. The highest BCUT2D eigenvalue weighted by Gasteiger charge is 2.32. The van der Waals surface area contributed by atoms with Gasteiger partial charge in [0.25, 0.3) is 5.91 Å². The minimum absolute atomic E-state index is 0.286. The molecule has 1 aromatic carbocycles. The molecule has 0 unspecified atom stereocenters. The summed E-state index contributed by atoms with van der Waals surface area (Å²) in [5.74, 6) is 0.795. The number of anilines is 1. The van der Waals surface area contributed by atoms with Gasteiger partial charge in [0.15, 0.2) is 12.2 Å². The van der Waals surface area contributed by atoms with Crippen molar-refractivity contribution < 1.29 is 9.21 Å². The number of nitrogens with one attached hydrogen (secondary N) is 2. The Bertz CT molecular complexity index is 885. The Morgan fingerprint density at radius 1 is 1.21 bits per heavy atom. The fraction of sp³-hybridized carbons (Fsp3) is 0.278. The summed E-state index contributed by atoms with van der Waals surface area (Å²) in [5, 5.41) is 9.91. The van der Waals surface area contributed by atoms with Gasteiger partial charge in [-0.2, -0.15) is 5.10 Å². The number of hydrogen-bond donors (Lipinski definition) is 2. The van der Waals surface area contributed by atoms with Crippen LogP contribution in [0.5, 0.6) is 0 Å². The Kier molecular flexibility index (Phi) is 3.45. The first-order valence-corrected chi connectivity index (χ1v) is 7.99. The molecule has 1 amide bonds. The van der Waals surface area contributed by atoms with Crippen molar-refractivity contribution >= 4 is 11.7 Å². The van der Waals surface area contributed by atoms with E-state index in [1.54, 1.807) is 0 Å². The number of aromatic amines is 1. The molecule has 3 aromatic rings. The van der Waals surface area contributed by atoms with Gasteiger partial charge in [0.2, 0.25) is 5.76 Å². The first-order chi connectivity index (χ1) is 11.6. The maximum absolute atomic E-state index is 12.4. The lowest BCUT2D eigenvalue weighted by atomic mass is 10.1. The third-order valence-electron chi connectivity index (χ3n) is 4.12. The van der Waals surface area contributed by atoms with E-state index in [9.17, 15) is 4.79 Å². The molecule has 0 aliphatic heterocycles. The monoisotopic (exact) mass is 322 g/mol. The second-order valence-corrected chi connectivity index (χ2v) is 6.34. The summed E-state index contributed by atoms with van der Waals surface area (Å²) in [6, 6.07) is 8.09. The second-order valence-electron chi connectivity index (χ2n) is 6.34. The van der Waals surface area contributed by atoms with Crippen LogP contribution in [-0.4, -0.2) is 21.1 Å². The zero-order chi connectivity index (χ0) is 16.7. The zero-order valence-corrected chi connectivity index (χ0v) is 13.6. The lowest BCUT2D eigenvalue weighted by molar-refractivity contribution is 0.0995. The Balaban J connectivity index is 1.54. The minimum atomic E-state index is -0.312. The van der Waals surface area contributed by atoms with Gasteiger partial charge in [-0.15, -0.1) is 0 Å². The molecule has 2 N–H and O–H groups in total. The summed E-state index contributed by atoms with van der Waals surface area (Å²) in [5.41, 5.74) is 5.01. The van der Waals surface area contributed by atoms with Crippen molar-refractivity contribution in [3.63, 3.8) is 0 Å². The van der Waals surface area contributed by atoms with Crippen LogP contribution in [0.1, 0.15) is 46.1 Å². The largest absolute Gasteiger partial charge is 0.438 e. The minimum Gasteiger partial charge on any atom is -0.438 e. The molecule has 1 aliphatic rings. The van der Waals surface area contributed by atoms with Gasteiger partial charge in [0.05, 0.1) is 11.4 Å². The molecule has 6 nitrogen and oxygen atoms in total. The molecule has 0 radical (unpaired) electrons. The number of amides is 1. The molecule has 6 heteroatoms.